The Morgan fingerprint density at radius 3 is 3.19 bits per heavy atom. The lowest BCUT2D eigenvalue weighted by atomic mass is 10.2. The van der Waals surface area contributed by atoms with Crippen molar-refractivity contribution in [3.05, 3.63) is 21.9 Å². The molecule has 0 unspecified atom stereocenters. The van der Waals surface area contributed by atoms with Crippen LogP contribution in [0.3, 0.4) is 0 Å². The number of cyclic esters (lactones) is 1. The van der Waals surface area contributed by atoms with Crippen LogP contribution in [0.1, 0.15) is 10.4 Å². The number of hydrogen-bond acceptors (Lipinski definition) is 4. The van der Waals surface area contributed by atoms with Crippen molar-refractivity contribution < 1.29 is 14.6 Å². The second-order valence-electron chi connectivity index (χ2n) is 3.25. The second-order valence-corrected chi connectivity index (χ2v) is 4.25. The lowest BCUT2D eigenvalue weighted by molar-refractivity contribution is 0.157. The van der Waals surface area contributed by atoms with Crippen LogP contribution in [0, 0.1) is 11.8 Å². The molecule has 1 saturated heterocycles. The fourth-order valence-electron chi connectivity index (χ4n) is 1.45. The molecule has 0 spiro atoms. The Kier molecular flexibility index (Phi) is 3.44. The minimum Gasteiger partial charge on any atom is -0.448 e. The third kappa shape index (κ3) is 2.35. The van der Waals surface area contributed by atoms with Gasteiger partial charge in [0.15, 0.2) is 0 Å². The monoisotopic (exact) mass is 237 g/mol. The highest BCUT2D eigenvalue weighted by Crippen LogP contribution is 2.19. The molecule has 16 heavy (non-hydrogen) atoms. The molecule has 0 aromatic carbocycles. The predicted octanol–water partition coefficient (Wildman–Crippen LogP) is 1.04. The summed E-state index contributed by atoms with van der Waals surface area (Å²) in [6.45, 7) is 1.47. The van der Waals surface area contributed by atoms with Crippen molar-refractivity contribution in [2.24, 2.45) is 0 Å². The van der Waals surface area contributed by atoms with Crippen LogP contribution in [0.2, 0.25) is 0 Å². The summed E-state index contributed by atoms with van der Waals surface area (Å²) in [5.74, 6) is 5.47. The number of aliphatic hydroxyl groups is 1. The first-order chi connectivity index (χ1) is 7.81. The van der Waals surface area contributed by atoms with Crippen molar-refractivity contribution in [1.82, 2.24) is 4.90 Å². The van der Waals surface area contributed by atoms with Crippen LogP contribution in [0.25, 0.3) is 0 Å². The molecule has 0 radical (unpaired) electrons. The van der Waals surface area contributed by atoms with E-state index in [1.165, 1.54) is 0 Å². The summed E-state index contributed by atoms with van der Waals surface area (Å²) in [4.78, 5) is 13.9. The van der Waals surface area contributed by atoms with Gasteiger partial charge in [0.2, 0.25) is 0 Å². The molecule has 5 heteroatoms. The van der Waals surface area contributed by atoms with Gasteiger partial charge in [0.1, 0.15) is 13.2 Å². The van der Waals surface area contributed by atoms with Gasteiger partial charge < -0.3 is 9.84 Å². The van der Waals surface area contributed by atoms with Crippen molar-refractivity contribution >= 4 is 17.4 Å². The number of carbonyl (C=O) groups is 1. The number of hydrogen-bond donors (Lipinski definition) is 1. The normalized spacial score (nSPS) is 14.6. The standard InChI is InChI=1S/C11H11NO3S/c13-5-1-2-9-3-7-16-10(9)8-12-4-6-15-11(12)14/h3,7,13H,4-6,8H2. The predicted molar refractivity (Wildman–Crippen MR) is 60.0 cm³/mol. The molecule has 0 saturated carbocycles. The summed E-state index contributed by atoms with van der Waals surface area (Å²) in [6, 6.07) is 1.89. The lowest BCUT2D eigenvalue weighted by Crippen LogP contribution is -2.23. The summed E-state index contributed by atoms with van der Waals surface area (Å²) < 4.78 is 4.85. The fraction of sp³-hybridized carbons (Fsp3) is 0.364. The molecular formula is C11H11NO3S. The third-order valence-corrected chi connectivity index (χ3v) is 3.13. The van der Waals surface area contributed by atoms with Gasteiger partial charge in [-0.2, -0.15) is 0 Å². The number of ether oxygens (including phenoxy) is 1. The molecule has 1 aliphatic rings. The molecule has 4 nitrogen and oxygen atoms in total. The van der Waals surface area contributed by atoms with Gasteiger partial charge in [0, 0.05) is 10.4 Å². The average molecular weight is 237 g/mol. The molecule has 1 aliphatic heterocycles. The number of amides is 1. The highest BCUT2D eigenvalue weighted by atomic mass is 32.1. The molecule has 2 heterocycles. The zero-order valence-electron chi connectivity index (χ0n) is 8.60. The maximum Gasteiger partial charge on any atom is 0.410 e. The van der Waals surface area contributed by atoms with Crippen LogP contribution in [0.4, 0.5) is 4.79 Å². The topological polar surface area (TPSA) is 49.8 Å². The highest BCUT2D eigenvalue weighted by Gasteiger charge is 2.22. The first-order valence-corrected chi connectivity index (χ1v) is 5.77. The van der Waals surface area contributed by atoms with Crippen LogP contribution in [0.15, 0.2) is 11.4 Å². The molecule has 1 aromatic rings. The van der Waals surface area contributed by atoms with Gasteiger partial charge in [-0.1, -0.05) is 11.8 Å². The number of thiophene rings is 1. The van der Waals surface area contributed by atoms with Crippen LogP contribution in [0.5, 0.6) is 0 Å². The van der Waals surface area contributed by atoms with E-state index in [1.807, 2.05) is 11.4 Å². The fourth-order valence-corrected chi connectivity index (χ4v) is 2.30. The Morgan fingerprint density at radius 2 is 2.50 bits per heavy atom. The zero-order valence-corrected chi connectivity index (χ0v) is 9.42. The lowest BCUT2D eigenvalue weighted by Gasteiger charge is -2.10. The van der Waals surface area contributed by atoms with E-state index in [2.05, 4.69) is 11.8 Å². The van der Waals surface area contributed by atoms with E-state index in [-0.39, 0.29) is 12.7 Å². The minimum atomic E-state index is -0.269. The van der Waals surface area contributed by atoms with Crippen LogP contribution in [-0.4, -0.2) is 35.9 Å². The van der Waals surface area contributed by atoms with E-state index >= 15 is 0 Å². The second kappa shape index (κ2) is 5.01. The molecule has 84 valence electrons. The van der Waals surface area contributed by atoms with Crippen LogP contribution < -0.4 is 0 Å². The smallest absolute Gasteiger partial charge is 0.410 e. The number of carbonyl (C=O) groups excluding carboxylic acids is 1. The van der Waals surface area contributed by atoms with E-state index in [4.69, 9.17) is 9.84 Å². The first-order valence-electron chi connectivity index (χ1n) is 4.89. The minimum absolute atomic E-state index is 0.152. The van der Waals surface area contributed by atoms with E-state index in [1.54, 1.807) is 16.2 Å². The summed E-state index contributed by atoms with van der Waals surface area (Å²) in [5, 5.41) is 10.6. The molecule has 1 N–H and O–H groups in total. The third-order valence-electron chi connectivity index (χ3n) is 2.23. The van der Waals surface area contributed by atoms with Gasteiger partial charge in [-0.25, -0.2) is 4.79 Å². The largest absolute Gasteiger partial charge is 0.448 e. The van der Waals surface area contributed by atoms with Gasteiger partial charge in [0.05, 0.1) is 13.1 Å². The Morgan fingerprint density at radius 1 is 1.62 bits per heavy atom. The van der Waals surface area contributed by atoms with E-state index in [9.17, 15) is 4.79 Å². The maximum absolute atomic E-state index is 11.3. The van der Waals surface area contributed by atoms with Gasteiger partial charge in [-0.15, -0.1) is 11.3 Å². The molecule has 2 rings (SSSR count). The molecule has 0 bridgehead atoms. The zero-order chi connectivity index (χ0) is 11.4. The van der Waals surface area contributed by atoms with Crippen molar-refractivity contribution in [1.29, 1.82) is 0 Å². The summed E-state index contributed by atoms with van der Waals surface area (Å²) in [7, 11) is 0. The van der Waals surface area contributed by atoms with Crippen molar-refractivity contribution in [3.63, 3.8) is 0 Å². The van der Waals surface area contributed by atoms with E-state index in [0.717, 1.165) is 10.4 Å². The summed E-state index contributed by atoms with van der Waals surface area (Å²) >= 11 is 1.56. The van der Waals surface area contributed by atoms with E-state index < -0.39 is 0 Å². The first kappa shape index (κ1) is 11.0. The van der Waals surface area contributed by atoms with Crippen molar-refractivity contribution in [2.45, 2.75) is 6.54 Å². The number of aliphatic hydroxyl groups excluding tert-OH is 1. The van der Waals surface area contributed by atoms with Crippen molar-refractivity contribution in [2.75, 3.05) is 19.8 Å². The quantitative estimate of drug-likeness (QED) is 0.782. The number of nitrogens with zero attached hydrogens (tertiary/aromatic N) is 1. The van der Waals surface area contributed by atoms with Crippen LogP contribution in [-0.2, 0) is 11.3 Å². The molecule has 1 fully saturated rings. The van der Waals surface area contributed by atoms with Gasteiger partial charge >= 0.3 is 6.09 Å². The Hall–Kier alpha value is -1.51. The average Bonchev–Trinajstić information content (AvgIpc) is 2.87. The van der Waals surface area contributed by atoms with Gasteiger partial charge in [-0.3, -0.25) is 4.90 Å². The molecule has 0 aliphatic carbocycles. The molecule has 1 aromatic heterocycles. The van der Waals surface area contributed by atoms with Crippen molar-refractivity contribution in [3.8, 4) is 11.8 Å². The summed E-state index contributed by atoms with van der Waals surface area (Å²) in [5.41, 5.74) is 0.874. The Bertz CT molecular complexity index is 444. The molecule has 0 atom stereocenters. The SMILES string of the molecule is O=C1OCCN1Cc1sccc1C#CCO. The van der Waals surface area contributed by atoms with E-state index in [0.29, 0.717) is 19.7 Å². The van der Waals surface area contributed by atoms with Gasteiger partial charge in [-0.05, 0) is 11.4 Å². The maximum atomic E-state index is 11.3. The van der Waals surface area contributed by atoms with Crippen LogP contribution >= 0.6 is 11.3 Å². The highest BCUT2D eigenvalue weighted by molar-refractivity contribution is 7.10. The Labute approximate surface area is 97.4 Å². The molecular weight excluding hydrogens is 226 g/mol. The summed E-state index contributed by atoms with van der Waals surface area (Å²) in [6.07, 6.45) is -0.269. The van der Waals surface area contributed by atoms with Gasteiger partial charge in [0.25, 0.3) is 0 Å². The molecule has 1 amide bonds. The number of rotatable bonds is 2. The Balaban J connectivity index is 2.09.